The number of carbonyl (C=O) groups is 1. The maximum absolute atomic E-state index is 13.0. The summed E-state index contributed by atoms with van der Waals surface area (Å²) >= 11 is 0. The molecule has 0 fully saturated rings. The van der Waals surface area contributed by atoms with Crippen LogP contribution >= 0.6 is 0 Å². The zero-order chi connectivity index (χ0) is 22.3. The third-order valence-electron chi connectivity index (χ3n) is 4.38. The van der Waals surface area contributed by atoms with Gasteiger partial charge in [0.1, 0.15) is 29.3 Å². The van der Waals surface area contributed by atoms with E-state index in [0.29, 0.717) is 11.6 Å². The highest BCUT2D eigenvalue weighted by Gasteiger charge is 2.11. The predicted octanol–water partition coefficient (Wildman–Crippen LogP) is 4.49. The zero-order valence-corrected chi connectivity index (χ0v) is 16.7. The Morgan fingerprint density at radius 2 is 1.50 bits per heavy atom. The third-order valence-corrected chi connectivity index (χ3v) is 4.38. The Morgan fingerprint density at radius 1 is 0.844 bits per heavy atom. The van der Waals surface area contributed by atoms with Gasteiger partial charge in [0.25, 0.3) is 5.91 Å². The van der Waals surface area contributed by atoms with E-state index in [4.69, 9.17) is 10.5 Å². The van der Waals surface area contributed by atoms with E-state index in [9.17, 15) is 9.18 Å². The maximum Gasteiger partial charge on any atom is 0.269 e. The van der Waals surface area contributed by atoms with Crippen molar-refractivity contribution >= 4 is 28.9 Å². The number of nitrogen functional groups attached to an aromatic ring is 1. The SMILES string of the molecule is Nc1c(NNC(=O)c2ccc(F)cc2)ncnc1Nc1ccc(Oc2ccccc2)cc1. The Kier molecular flexibility index (Phi) is 6.08. The number of aromatic nitrogens is 2. The highest BCUT2D eigenvalue weighted by atomic mass is 19.1. The summed E-state index contributed by atoms with van der Waals surface area (Å²) in [6.07, 6.45) is 1.30. The van der Waals surface area contributed by atoms with Crippen LogP contribution < -0.4 is 26.6 Å². The van der Waals surface area contributed by atoms with Crippen molar-refractivity contribution in [3.63, 3.8) is 0 Å². The first kappa shape index (κ1) is 20.6. The number of halogens is 1. The highest BCUT2D eigenvalue weighted by molar-refractivity contribution is 5.95. The Balaban J connectivity index is 1.40. The van der Waals surface area contributed by atoms with Crippen LogP contribution in [0.3, 0.4) is 0 Å². The summed E-state index contributed by atoms with van der Waals surface area (Å²) in [6, 6.07) is 21.9. The largest absolute Gasteiger partial charge is 0.457 e. The first-order chi connectivity index (χ1) is 15.6. The Morgan fingerprint density at radius 3 is 2.22 bits per heavy atom. The van der Waals surface area contributed by atoms with E-state index in [-0.39, 0.29) is 17.1 Å². The van der Waals surface area contributed by atoms with Crippen LogP contribution in [0.4, 0.5) is 27.4 Å². The first-order valence-corrected chi connectivity index (χ1v) is 9.61. The summed E-state index contributed by atoms with van der Waals surface area (Å²) in [5.41, 5.74) is 12.5. The van der Waals surface area contributed by atoms with Crippen LogP contribution in [0.25, 0.3) is 0 Å². The number of nitrogens with zero attached hydrogens (tertiary/aromatic N) is 2. The smallest absolute Gasteiger partial charge is 0.269 e. The second-order valence-electron chi connectivity index (χ2n) is 6.64. The number of hydrazine groups is 1. The van der Waals surface area contributed by atoms with Gasteiger partial charge in [0, 0.05) is 11.3 Å². The summed E-state index contributed by atoms with van der Waals surface area (Å²) < 4.78 is 18.8. The number of anilines is 4. The first-order valence-electron chi connectivity index (χ1n) is 9.61. The van der Waals surface area contributed by atoms with Crippen LogP contribution in [0.2, 0.25) is 0 Å². The van der Waals surface area contributed by atoms with Gasteiger partial charge in [-0.05, 0) is 60.7 Å². The zero-order valence-electron chi connectivity index (χ0n) is 16.7. The van der Waals surface area contributed by atoms with E-state index in [1.165, 1.54) is 30.6 Å². The van der Waals surface area contributed by atoms with E-state index in [0.717, 1.165) is 11.4 Å². The molecule has 0 saturated carbocycles. The number of ether oxygens (including phenoxy) is 1. The van der Waals surface area contributed by atoms with Crippen molar-refractivity contribution in [3.8, 4) is 11.5 Å². The topological polar surface area (TPSA) is 114 Å². The lowest BCUT2D eigenvalue weighted by Gasteiger charge is -2.13. The minimum atomic E-state index is -0.466. The molecular weight excluding hydrogens is 411 g/mol. The fourth-order valence-electron chi connectivity index (χ4n) is 2.75. The lowest BCUT2D eigenvalue weighted by Crippen LogP contribution is -2.30. The monoisotopic (exact) mass is 430 g/mol. The van der Waals surface area contributed by atoms with Gasteiger partial charge in [0.05, 0.1) is 0 Å². The number of para-hydroxylation sites is 1. The molecule has 1 amide bonds. The molecule has 0 unspecified atom stereocenters. The molecule has 0 spiro atoms. The normalized spacial score (nSPS) is 10.3. The summed E-state index contributed by atoms with van der Waals surface area (Å²) in [5.74, 6) is 1.10. The number of rotatable bonds is 7. The summed E-state index contributed by atoms with van der Waals surface area (Å²) in [6.45, 7) is 0. The average Bonchev–Trinajstić information content (AvgIpc) is 2.82. The molecule has 1 heterocycles. The highest BCUT2D eigenvalue weighted by Crippen LogP contribution is 2.27. The van der Waals surface area contributed by atoms with Crippen molar-refractivity contribution in [1.82, 2.24) is 15.4 Å². The Labute approximate surface area is 183 Å². The van der Waals surface area contributed by atoms with Crippen LogP contribution in [0, 0.1) is 5.82 Å². The van der Waals surface area contributed by atoms with Crippen LogP contribution in [-0.4, -0.2) is 15.9 Å². The number of hydrogen-bond donors (Lipinski definition) is 4. The molecule has 4 rings (SSSR count). The second-order valence-corrected chi connectivity index (χ2v) is 6.64. The number of carbonyl (C=O) groups excluding carboxylic acids is 1. The molecule has 32 heavy (non-hydrogen) atoms. The lowest BCUT2D eigenvalue weighted by atomic mass is 10.2. The lowest BCUT2D eigenvalue weighted by molar-refractivity contribution is 0.0962. The molecule has 0 saturated heterocycles. The van der Waals surface area contributed by atoms with Gasteiger partial charge in [-0.15, -0.1) is 0 Å². The van der Waals surface area contributed by atoms with Crippen molar-refractivity contribution in [2.45, 2.75) is 0 Å². The number of benzene rings is 3. The second kappa shape index (κ2) is 9.43. The van der Waals surface area contributed by atoms with Crippen molar-refractivity contribution in [1.29, 1.82) is 0 Å². The van der Waals surface area contributed by atoms with Gasteiger partial charge in [-0.2, -0.15) is 0 Å². The van der Waals surface area contributed by atoms with Crippen LogP contribution in [-0.2, 0) is 0 Å². The minimum absolute atomic E-state index is 0.205. The van der Waals surface area contributed by atoms with E-state index in [1.807, 2.05) is 54.6 Å². The molecule has 160 valence electrons. The van der Waals surface area contributed by atoms with Gasteiger partial charge in [-0.25, -0.2) is 14.4 Å². The van der Waals surface area contributed by atoms with Crippen LogP contribution in [0.5, 0.6) is 11.5 Å². The van der Waals surface area contributed by atoms with Gasteiger partial charge in [-0.1, -0.05) is 18.2 Å². The molecule has 0 aliphatic heterocycles. The van der Waals surface area contributed by atoms with Crippen LogP contribution in [0.15, 0.2) is 85.2 Å². The van der Waals surface area contributed by atoms with Gasteiger partial charge in [0.2, 0.25) is 0 Å². The fraction of sp³-hybridized carbons (Fsp3) is 0. The molecule has 0 atom stereocenters. The Hall–Kier alpha value is -4.66. The molecule has 9 heteroatoms. The quantitative estimate of drug-likeness (QED) is 0.319. The van der Waals surface area contributed by atoms with Crippen molar-refractivity contribution < 1.29 is 13.9 Å². The molecule has 3 aromatic carbocycles. The van der Waals surface area contributed by atoms with Crippen molar-refractivity contribution in [3.05, 3.63) is 96.6 Å². The molecule has 5 N–H and O–H groups in total. The predicted molar refractivity (Wildman–Crippen MR) is 120 cm³/mol. The number of nitrogens with one attached hydrogen (secondary N) is 3. The molecule has 0 aliphatic rings. The number of hydrogen-bond acceptors (Lipinski definition) is 7. The Bertz CT molecular complexity index is 1200. The van der Waals surface area contributed by atoms with Gasteiger partial charge in [0.15, 0.2) is 11.6 Å². The molecule has 8 nitrogen and oxygen atoms in total. The summed E-state index contributed by atoms with van der Waals surface area (Å²) in [7, 11) is 0. The molecule has 4 aromatic rings. The van der Waals surface area contributed by atoms with Gasteiger partial charge < -0.3 is 15.8 Å². The molecule has 0 radical (unpaired) electrons. The average molecular weight is 430 g/mol. The van der Waals surface area contributed by atoms with E-state index in [2.05, 4.69) is 26.1 Å². The standard InChI is InChI=1S/C23H19FN6O2/c24-16-8-6-15(7-9-16)23(31)30-29-22-20(25)21(26-14-27-22)28-17-10-12-19(13-11-17)32-18-4-2-1-3-5-18/h1-14H,25H2,(H,30,31)(H2,26,27,28,29). The van der Waals surface area contributed by atoms with Gasteiger partial charge >= 0.3 is 0 Å². The minimum Gasteiger partial charge on any atom is -0.457 e. The molecule has 0 bridgehead atoms. The third kappa shape index (κ3) is 5.08. The fourth-order valence-corrected chi connectivity index (χ4v) is 2.75. The van der Waals surface area contributed by atoms with Crippen molar-refractivity contribution in [2.24, 2.45) is 0 Å². The van der Waals surface area contributed by atoms with Crippen LogP contribution in [0.1, 0.15) is 10.4 Å². The van der Waals surface area contributed by atoms with E-state index >= 15 is 0 Å². The summed E-state index contributed by atoms with van der Waals surface area (Å²) in [5, 5.41) is 3.10. The van der Waals surface area contributed by atoms with Gasteiger partial charge in [-0.3, -0.25) is 15.6 Å². The van der Waals surface area contributed by atoms with E-state index in [1.54, 1.807) is 0 Å². The number of amides is 1. The summed E-state index contributed by atoms with van der Waals surface area (Å²) in [4.78, 5) is 20.4. The van der Waals surface area contributed by atoms with Crippen molar-refractivity contribution in [2.75, 3.05) is 16.5 Å². The molecule has 0 aliphatic carbocycles. The van der Waals surface area contributed by atoms with E-state index < -0.39 is 11.7 Å². The molecular formula is C23H19FN6O2. The maximum atomic E-state index is 13.0. The molecule has 1 aromatic heterocycles. The number of nitrogens with two attached hydrogens (primary N) is 1.